The van der Waals surface area contributed by atoms with Crippen LogP contribution in [0.25, 0.3) is 0 Å². The van der Waals surface area contributed by atoms with Gasteiger partial charge in [0.1, 0.15) is 28.1 Å². The number of benzene rings is 1. The average molecular weight is 439 g/mol. The second-order valence-electron chi connectivity index (χ2n) is 8.81. The molecular formula is C20H21ClF2N4O3. The topological polar surface area (TPSA) is 99.7 Å². The van der Waals surface area contributed by atoms with E-state index >= 15 is 0 Å². The summed E-state index contributed by atoms with van der Waals surface area (Å²) in [7, 11) is 0. The van der Waals surface area contributed by atoms with Crippen molar-refractivity contribution in [1.29, 1.82) is 5.26 Å². The van der Waals surface area contributed by atoms with Crippen molar-refractivity contribution in [2.75, 3.05) is 17.2 Å². The van der Waals surface area contributed by atoms with Gasteiger partial charge in [-0.1, -0.05) is 11.6 Å². The number of anilines is 2. The van der Waals surface area contributed by atoms with Crippen molar-refractivity contribution < 1.29 is 23.1 Å². The summed E-state index contributed by atoms with van der Waals surface area (Å²) in [5, 5.41) is 9.13. The van der Waals surface area contributed by atoms with Gasteiger partial charge in [-0.3, -0.25) is 9.69 Å². The van der Waals surface area contributed by atoms with Gasteiger partial charge >= 0.3 is 6.09 Å². The van der Waals surface area contributed by atoms with E-state index < -0.39 is 51.8 Å². The molecule has 0 unspecified atom stereocenters. The molecule has 0 aliphatic carbocycles. The average Bonchev–Trinajstić information content (AvgIpc) is 2.80. The SMILES string of the molecule is CC(C)(C)OC(=O)N1CC(C)(C)N2C1=C(C#N)C(=O)Cc1c(N)c(F)c(F)c(Cl)c12. The van der Waals surface area contributed by atoms with E-state index in [0.29, 0.717) is 0 Å². The minimum Gasteiger partial charge on any atom is -0.443 e. The highest BCUT2D eigenvalue weighted by atomic mass is 35.5. The molecule has 0 bridgehead atoms. The van der Waals surface area contributed by atoms with Crippen LogP contribution in [-0.2, 0) is 16.0 Å². The van der Waals surface area contributed by atoms with Crippen LogP contribution < -0.4 is 10.6 Å². The van der Waals surface area contributed by atoms with Crippen LogP contribution in [-0.4, -0.2) is 34.5 Å². The second kappa shape index (κ2) is 6.84. The van der Waals surface area contributed by atoms with E-state index in [1.165, 1.54) is 4.90 Å². The number of Topliss-reactive ketones (excluding diaryl/α,β-unsaturated/α-hetero) is 1. The van der Waals surface area contributed by atoms with Crippen LogP contribution in [0.1, 0.15) is 40.2 Å². The molecule has 10 heteroatoms. The number of ketones is 1. The molecule has 30 heavy (non-hydrogen) atoms. The number of nitrogen functional groups attached to an aromatic ring is 1. The Bertz CT molecular complexity index is 1050. The smallest absolute Gasteiger partial charge is 0.416 e. The lowest BCUT2D eigenvalue weighted by atomic mass is 9.99. The molecule has 160 valence electrons. The quantitative estimate of drug-likeness (QED) is 0.487. The van der Waals surface area contributed by atoms with Crippen LogP contribution in [0.2, 0.25) is 5.02 Å². The number of carbonyl (C=O) groups is 2. The van der Waals surface area contributed by atoms with Crippen molar-refractivity contribution in [2.24, 2.45) is 0 Å². The Balaban J connectivity index is 2.35. The van der Waals surface area contributed by atoms with Crippen LogP contribution in [0.3, 0.4) is 0 Å². The molecule has 0 saturated carbocycles. The monoisotopic (exact) mass is 438 g/mol. The van der Waals surface area contributed by atoms with Crippen molar-refractivity contribution >= 4 is 34.9 Å². The highest BCUT2D eigenvalue weighted by molar-refractivity contribution is 6.34. The highest BCUT2D eigenvalue weighted by Gasteiger charge is 2.51. The fraction of sp³-hybridized carbons (Fsp3) is 0.450. The van der Waals surface area contributed by atoms with E-state index in [-0.39, 0.29) is 29.2 Å². The fourth-order valence-electron chi connectivity index (χ4n) is 3.67. The van der Waals surface area contributed by atoms with Crippen molar-refractivity contribution in [3.05, 3.63) is 33.6 Å². The molecule has 2 aliphatic heterocycles. The molecule has 2 aliphatic rings. The van der Waals surface area contributed by atoms with E-state index in [2.05, 4.69) is 0 Å². The first-order valence-electron chi connectivity index (χ1n) is 9.14. The summed E-state index contributed by atoms with van der Waals surface area (Å²) in [5.74, 6) is -3.52. The molecule has 3 rings (SSSR count). The van der Waals surface area contributed by atoms with Crippen molar-refractivity contribution in [3.63, 3.8) is 0 Å². The standard InChI is InChI=1S/C20H21ClF2N4O3/c1-19(2,3)30-18(29)26-8-20(4,5)27-16-9(6-11(28)10(7-24)17(26)27)15(25)14(23)13(22)12(16)21/h6,8,25H2,1-5H3. The molecule has 1 aromatic carbocycles. The van der Waals surface area contributed by atoms with Crippen molar-refractivity contribution in [2.45, 2.75) is 52.2 Å². The molecule has 1 amide bonds. The minimum atomic E-state index is -1.37. The van der Waals surface area contributed by atoms with Gasteiger partial charge in [0.2, 0.25) is 0 Å². The molecule has 7 nitrogen and oxygen atoms in total. The van der Waals surface area contributed by atoms with E-state index in [0.717, 1.165) is 4.90 Å². The van der Waals surface area contributed by atoms with Crippen molar-refractivity contribution in [1.82, 2.24) is 4.90 Å². The van der Waals surface area contributed by atoms with Gasteiger partial charge in [-0.25, -0.2) is 13.6 Å². The van der Waals surface area contributed by atoms with Crippen LogP contribution in [0.4, 0.5) is 25.0 Å². The summed E-state index contributed by atoms with van der Waals surface area (Å²) >= 11 is 6.16. The summed E-state index contributed by atoms with van der Waals surface area (Å²) in [4.78, 5) is 28.3. The fourth-order valence-corrected chi connectivity index (χ4v) is 3.95. The number of fused-ring (bicyclic) bond motifs is 3. The van der Waals surface area contributed by atoms with Gasteiger partial charge in [-0.05, 0) is 34.6 Å². The number of ether oxygens (including phenoxy) is 1. The maximum Gasteiger partial charge on any atom is 0.416 e. The van der Waals surface area contributed by atoms with Crippen LogP contribution in [0.5, 0.6) is 0 Å². The Hall–Kier alpha value is -2.86. The van der Waals surface area contributed by atoms with Gasteiger partial charge in [0, 0.05) is 12.0 Å². The molecule has 1 saturated heterocycles. The lowest BCUT2D eigenvalue weighted by Gasteiger charge is -2.34. The highest BCUT2D eigenvalue weighted by Crippen LogP contribution is 2.49. The minimum absolute atomic E-state index is 0.00434. The predicted molar refractivity (Wildman–Crippen MR) is 107 cm³/mol. The molecule has 2 N–H and O–H groups in total. The first-order chi connectivity index (χ1) is 13.7. The number of amides is 1. The summed E-state index contributed by atoms with van der Waals surface area (Å²) in [6.07, 6.45) is -1.26. The zero-order valence-corrected chi connectivity index (χ0v) is 17.9. The zero-order valence-electron chi connectivity index (χ0n) is 17.2. The number of nitrogens with two attached hydrogens (primary N) is 1. The molecule has 0 aromatic heterocycles. The molecule has 0 atom stereocenters. The number of nitriles is 1. The van der Waals surface area contributed by atoms with E-state index in [4.69, 9.17) is 22.1 Å². The predicted octanol–water partition coefficient (Wildman–Crippen LogP) is 3.90. The van der Waals surface area contributed by atoms with Gasteiger partial charge in [-0.15, -0.1) is 0 Å². The number of halogens is 3. The summed E-state index contributed by atoms with van der Waals surface area (Å²) < 4.78 is 34.2. The molecular weight excluding hydrogens is 418 g/mol. The largest absolute Gasteiger partial charge is 0.443 e. The number of allylic oxidation sites excluding steroid dienone is 1. The Morgan fingerprint density at radius 3 is 2.43 bits per heavy atom. The first kappa shape index (κ1) is 21.8. The Morgan fingerprint density at radius 2 is 1.90 bits per heavy atom. The van der Waals surface area contributed by atoms with Crippen LogP contribution >= 0.6 is 11.6 Å². The van der Waals surface area contributed by atoms with Gasteiger partial charge < -0.3 is 15.4 Å². The maximum absolute atomic E-state index is 14.5. The van der Waals surface area contributed by atoms with Crippen LogP contribution in [0, 0.1) is 23.0 Å². The summed E-state index contributed by atoms with van der Waals surface area (Å²) in [6, 6.07) is 1.82. The zero-order chi connectivity index (χ0) is 22.8. The van der Waals surface area contributed by atoms with Gasteiger partial charge in [-0.2, -0.15) is 5.26 Å². The number of hydrogen-bond donors (Lipinski definition) is 1. The van der Waals surface area contributed by atoms with E-state index in [1.807, 2.05) is 6.07 Å². The van der Waals surface area contributed by atoms with Crippen LogP contribution in [0.15, 0.2) is 11.4 Å². The molecule has 2 heterocycles. The second-order valence-corrected chi connectivity index (χ2v) is 9.19. The lowest BCUT2D eigenvalue weighted by molar-refractivity contribution is -0.114. The Morgan fingerprint density at radius 1 is 1.30 bits per heavy atom. The third kappa shape index (κ3) is 3.25. The van der Waals surface area contributed by atoms with Gasteiger partial charge in [0.25, 0.3) is 0 Å². The third-order valence-corrected chi connectivity index (χ3v) is 5.19. The van der Waals surface area contributed by atoms with E-state index in [1.54, 1.807) is 34.6 Å². The number of carbonyl (C=O) groups excluding carboxylic acids is 2. The number of nitrogens with zero attached hydrogens (tertiary/aromatic N) is 3. The van der Waals surface area contributed by atoms with Gasteiger partial charge in [0.15, 0.2) is 17.4 Å². The lowest BCUT2D eigenvalue weighted by Crippen LogP contribution is -2.40. The number of rotatable bonds is 0. The Kier molecular flexibility index (Phi) is 4.98. The summed E-state index contributed by atoms with van der Waals surface area (Å²) in [6.45, 7) is 8.44. The Labute approximate surface area is 177 Å². The van der Waals surface area contributed by atoms with Gasteiger partial charge in [0.05, 0.1) is 23.5 Å². The molecule has 1 aromatic rings. The third-order valence-electron chi connectivity index (χ3n) is 4.85. The van der Waals surface area contributed by atoms with Crippen molar-refractivity contribution in [3.8, 4) is 6.07 Å². The number of hydrogen-bond acceptors (Lipinski definition) is 6. The summed E-state index contributed by atoms with van der Waals surface area (Å²) in [5.41, 5.74) is 3.00. The molecule has 1 fully saturated rings. The maximum atomic E-state index is 14.5. The normalized spacial score (nSPS) is 18.0. The molecule has 0 spiro atoms. The molecule has 0 radical (unpaired) electrons. The first-order valence-corrected chi connectivity index (χ1v) is 9.52. The van der Waals surface area contributed by atoms with E-state index in [9.17, 15) is 23.6 Å².